The number of nitrogens with zero attached hydrogens (tertiary/aromatic N) is 2. The highest BCUT2D eigenvalue weighted by molar-refractivity contribution is 6.13. The monoisotopic (exact) mass is 714 g/mol. The van der Waals surface area contributed by atoms with Crippen LogP contribution < -0.4 is 4.90 Å². The largest absolute Gasteiger partial charge is 0.454 e. The lowest BCUT2D eigenvalue weighted by Crippen LogP contribution is -2.10. The molecular weight excluding hydrogens is 681 g/mol. The Morgan fingerprint density at radius 3 is 1.79 bits per heavy atom. The first kappa shape index (κ1) is 32.0. The van der Waals surface area contributed by atoms with E-state index in [9.17, 15) is 0 Å². The average Bonchev–Trinajstić information content (AvgIpc) is 3.64. The molecule has 0 atom stereocenters. The first-order chi connectivity index (χ1) is 27.7. The van der Waals surface area contributed by atoms with Crippen molar-refractivity contribution in [3.05, 3.63) is 206 Å². The molecule has 0 saturated carbocycles. The Morgan fingerprint density at radius 2 is 1.00 bits per heavy atom. The normalized spacial score (nSPS) is 11.6. The van der Waals surface area contributed by atoms with E-state index >= 15 is 0 Å². The lowest BCUT2D eigenvalue weighted by Gasteiger charge is -2.26. The molecule has 0 saturated heterocycles. The second-order valence-corrected chi connectivity index (χ2v) is 14.4. The van der Waals surface area contributed by atoms with Crippen LogP contribution in [-0.4, -0.2) is 4.98 Å². The number of aromatic nitrogens is 1. The number of fused-ring (bicyclic) bond motifs is 6. The maximum absolute atomic E-state index is 6.78. The highest BCUT2D eigenvalue weighted by atomic mass is 16.3. The van der Waals surface area contributed by atoms with Gasteiger partial charge in [0.25, 0.3) is 0 Å². The molecule has 11 aromatic rings. The summed E-state index contributed by atoms with van der Waals surface area (Å²) in [6.45, 7) is 0. The van der Waals surface area contributed by atoms with Crippen molar-refractivity contribution in [2.45, 2.75) is 0 Å². The van der Waals surface area contributed by atoms with Gasteiger partial charge < -0.3 is 9.32 Å². The van der Waals surface area contributed by atoms with Crippen molar-refractivity contribution in [3.63, 3.8) is 0 Å². The van der Waals surface area contributed by atoms with Crippen LogP contribution in [0.2, 0.25) is 0 Å². The van der Waals surface area contributed by atoms with E-state index in [1.54, 1.807) is 0 Å². The quantitative estimate of drug-likeness (QED) is 0.172. The van der Waals surface area contributed by atoms with Crippen molar-refractivity contribution in [3.8, 4) is 33.4 Å². The summed E-state index contributed by atoms with van der Waals surface area (Å²) in [4.78, 5) is 6.96. The van der Waals surface area contributed by atoms with Gasteiger partial charge >= 0.3 is 0 Å². The Balaban J connectivity index is 1.08. The van der Waals surface area contributed by atoms with Crippen LogP contribution in [0.1, 0.15) is 0 Å². The fourth-order valence-corrected chi connectivity index (χ4v) is 8.36. The van der Waals surface area contributed by atoms with Crippen LogP contribution in [0.3, 0.4) is 0 Å². The van der Waals surface area contributed by atoms with Gasteiger partial charge in [0.2, 0.25) is 0 Å². The molecule has 2 heterocycles. The fourth-order valence-electron chi connectivity index (χ4n) is 8.36. The average molecular weight is 715 g/mol. The molecule has 0 aliphatic rings. The summed E-state index contributed by atoms with van der Waals surface area (Å²) in [5, 5.41) is 8.10. The smallest absolute Gasteiger partial charge is 0.159 e. The highest BCUT2D eigenvalue weighted by Crippen LogP contribution is 2.44. The van der Waals surface area contributed by atoms with Crippen molar-refractivity contribution in [1.29, 1.82) is 0 Å². The molecule has 0 spiro atoms. The van der Waals surface area contributed by atoms with Crippen LogP contribution in [0.15, 0.2) is 211 Å². The second-order valence-electron chi connectivity index (χ2n) is 14.4. The summed E-state index contributed by atoms with van der Waals surface area (Å²) in [6.07, 6.45) is 1.84. The van der Waals surface area contributed by atoms with Gasteiger partial charge in [-0.25, -0.2) is 0 Å². The Bertz CT molecular complexity index is 3230. The zero-order valence-electron chi connectivity index (χ0n) is 30.4. The molecule has 11 rings (SSSR count). The molecule has 9 aromatic carbocycles. The predicted octanol–water partition coefficient (Wildman–Crippen LogP) is 14.9. The van der Waals surface area contributed by atoms with E-state index in [1.807, 2.05) is 12.3 Å². The van der Waals surface area contributed by atoms with Crippen LogP contribution in [0.4, 0.5) is 17.1 Å². The minimum Gasteiger partial charge on any atom is -0.454 e. The lowest BCUT2D eigenvalue weighted by molar-refractivity contribution is 0.669. The summed E-state index contributed by atoms with van der Waals surface area (Å²) in [7, 11) is 0. The molecule has 0 N–H and O–H groups in total. The predicted molar refractivity (Wildman–Crippen MR) is 235 cm³/mol. The SMILES string of the molecule is c1ccc(-c2cc(-c3ccc(N(c4ccc(-c5cccc6ccccc56)cc4)c4cccc5c4oc4cc6cccnc6cc45)cc3)c3ccccc3c2)cc1. The van der Waals surface area contributed by atoms with Crippen LogP contribution in [0, 0.1) is 0 Å². The van der Waals surface area contributed by atoms with Gasteiger partial charge in [0.05, 0.1) is 11.2 Å². The van der Waals surface area contributed by atoms with E-state index < -0.39 is 0 Å². The van der Waals surface area contributed by atoms with Gasteiger partial charge in [-0.1, -0.05) is 140 Å². The van der Waals surface area contributed by atoms with Crippen molar-refractivity contribution in [2.75, 3.05) is 4.90 Å². The maximum atomic E-state index is 6.78. The number of pyridine rings is 1. The molecule has 0 aliphatic heterocycles. The van der Waals surface area contributed by atoms with E-state index in [1.165, 1.54) is 49.4 Å². The summed E-state index contributed by atoms with van der Waals surface area (Å²) in [5.74, 6) is 0. The molecule has 3 nitrogen and oxygen atoms in total. The van der Waals surface area contributed by atoms with E-state index in [-0.39, 0.29) is 0 Å². The topological polar surface area (TPSA) is 29.3 Å². The van der Waals surface area contributed by atoms with Crippen molar-refractivity contribution >= 4 is 71.4 Å². The highest BCUT2D eigenvalue weighted by Gasteiger charge is 2.20. The van der Waals surface area contributed by atoms with E-state index in [2.05, 4.69) is 204 Å². The van der Waals surface area contributed by atoms with Gasteiger partial charge in [0.1, 0.15) is 5.58 Å². The summed E-state index contributed by atoms with van der Waals surface area (Å²) < 4.78 is 6.78. The first-order valence-electron chi connectivity index (χ1n) is 19.0. The Labute approximate surface area is 324 Å². The Hall–Kier alpha value is -7.49. The van der Waals surface area contributed by atoms with E-state index in [0.717, 1.165) is 55.5 Å². The van der Waals surface area contributed by atoms with E-state index in [0.29, 0.717) is 0 Å². The third-order valence-corrected chi connectivity index (χ3v) is 11.1. The number of para-hydroxylation sites is 1. The van der Waals surface area contributed by atoms with Crippen molar-refractivity contribution in [1.82, 2.24) is 4.98 Å². The molecule has 262 valence electrons. The molecular formula is C53H34N2O. The van der Waals surface area contributed by atoms with Gasteiger partial charge in [-0.05, 0) is 116 Å². The van der Waals surface area contributed by atoms with Crippen molar-refractivity contribution in [2.24, 2.45) is 0 Å². The van der Waals surface area contributed by atoms with Gasteiger partial charge in [-0.2, -0.15) is 0 Å². The van der Waals surface area contributed by atoms with Crippen LogP contribution in [-0.2, 0) is 0 Å². The molecule has 0 fully saturated rings. The Kier molecular flexibility index (Phi) is 7.49. The summed E-state index contributed by atoms with van der Waals surface area (Å²) in [6, 6.07) is 71.6. The van der Waals surface area contributed by atoms with Gasteiger partial charge in [0.15, 0.2) is 5.58 Å². The maximum Gasteiger partial charge on any atom is 0.159 e. The number of hydrogen-bond acceptors (Lipinski definition) is 3. The van der Waals surface area contributed by atoms with Gasteiger partial charge in [-0.3, -0.25) is 4.98 Å². The molecule has 56 heavy (non-hydrogen) atoms. The van der Waals surface area contributed by atoms with E-state index in [4.69, 9.17) is 4.42 Å². The molecule has 3 heteroatoms. The summed E-state index contributed by atoms with van der Waals surface area (Å²) >= 11 is 0. The van der Waals surface area contributed by atoms with Crippen LogP contribution in [0.5, 0.6) is 0 Å². The molecule has 0 aliphatic carbocycles. The minimum atomic E-state index is 0.835. The van der Waals surface area contributed by atoms with Gasteiger partial charge in [0, 0.05) is 33.7 Å². The minimum absolute atomic E-state index is 0.835. The fraction of sp³-hybridized carbons (Fsp3) is 0. The second kappa shape index (κ2) is 13.1. The summed E-state index contributed by atoms with van der Waals surface area (Å²) in [5.41, 5.74) is 12.9. The zero-order valence-corrected chi connectivity index (χ0v) is 30.4. The molecule has 0 unspecified atom stereocenters. The molecule has 0 radical (unpaired) electrons. The number of anilines is 3. The van der Waals surface area contributed by atoms with Gasteiger partial charge in [-0.15, -0.1) is 0 Å². The molecule has 0 bridgehead atoms. The number of rotatable bonds is 6. The first-order valence-corrected chi connectivity index (χ1v) is 19.0. The lowest BCUT2D eigenvalue weighted by atomic mass is 9.93. The molecule has 2 aromatic heterocycles. The third kappa shape index (κ3) is 5.40. The van der Waals surface area contributed by atoms with Crippen molar-refractivity contribution < 1.29 is 4.42 Å². The number of hydrogen-bond donors (Lipinski definition) is 0. The van der Waals surface area contributed by atoms with Crippen LogP contribution in [0.25, 0.3) is 87.8 Å². The van der Waals surface area contributed by atoms with Crippen LogP contribution >= 0.6 is 0 Å². The number of furan rings is 1. The molecule has 0 amide bonds. The third-order valence-electron chi connectivity index (χ3n) is 11.1. The Morgan fingerprint density at radius 1 is 0.375 bits per heavy atom. The zero-order chi connectivity index (χ0) is 37.0. The standard InChI is InChI=1S/C53H34N2O/c1-2-11-35(12-3-1)41-31-39-14-5-7-18-46(39)48(32-41)38-24-28-43(29-25-38)55(42-26-22-37(23-27-42)45-19-8-15-36-13-4-6-17-44(36)45)51-21-9-20-47-49-34-50-40(16-10-30-54-50)33-52(49)56-53(47)51/h1-34H. The number of benzene rings is 9.